The number of urea groups is 1. The summed E-state index contributed by atoms with van der Waals surface area (Å²) in [5.74, 6) is -0.379. The molecule has 1 aliphatic carbocycles. The number of carbonyl (C=O) groups is 2. The number of carboxylic acid groups (broad SMARTS) is 1. The lowest BCUT2D eigenvalue weighted by Gasteiger charge is -2.27. The van der Waals surface area contributed by atoms with Crippen LogP contribution in [-0.4, -0.2) is 52.6 Å². The van der Waals surface area contributed by atoms with Gasteiger partial charge in [-0.15, -0.1) is 0 Å². The van der Waals surface area contributed by atoms with Crippen LogP contribution in [0.3, 0.4) is 0 Å². The Bertz CT molecular complexity index is 328. The van der Waals surface area contributed by atoms with Gasteiger partial charge < -0.3 is 14.9 Å². The molecule has 5 heteroatoms. The second-order valence-corrected chi connectivity index (χ2v) is 5.33. The Morgan fingerprint density at radius 2 is 2.06 bits per heavy atom. The number of amides is 2. The van der Waals surface area contributed by atoms with Crippen molar-refractivity contribution < 1.29 is 14.7 Å². The topological polar surface area (TPSA) is 60.9 Å². The molecule has 0 aromatic heterocycles. The maximum atomic E-state index is 12.3. The van der Waals surface area contributed by atoms with Gasteiger partial charge in [0.15, 0.2) is 0 Å². The first kappa shape index (κ1) is 13.2. The van der Waals surface area contributed by atoms with Gasteiger partial charge in [-0.25, -0.2) is 4.79 Å². The third kappa shape index (κ3) is 3.15. The molecule has 2 aliphatic rings. The number of carboxylic acids is 1. The smallest absolute Gasteiger partial charge is 0.320 e. The number of hydrogen-bond donors (Lipinski definition) is 1. The lowest BCUT2D eigenvalue weighted by molar-refractivity contribution is -0.137. The zero-order valence-corrected chi connectivity index (χ0v) is 11.0. The highest BCUT2D eigenvalue weighted by molar-refractivity contribution is 5.75. The number of aliphatic carboxylic acids is 1. The highest BCUT2D eigenvalue weighted by Gasteiger charge is 2.36. The van der Waals surface area contributed by atoms with Crippen LogP contribution in [0.25, 0.3) is 0 Å². The fourth-order valence-corrected chi connectivity index (χ4v) is 2.69. The number of likely N-dealkylation sites (tertiary alicyclic amines) is 1. The fraction of sp³-hybridized carbons (Fsp3) is 0.846. The predicted molar refractivity (Wildman–Crippen MR) is 67.3 cm³/mol. The summed E-state index contributed by atoms with van der Waals surface area (Å²) in [4.78, 5) is 26.7. The van der Waals surface area contributed by atoms with Gasteiger partial charge in [0.2, 0.25) is 0 Å². The molecule has 2 rings (SSSR count). The van der Waals surface area contributed by atoms with Crippen molar-refractivity contribution in [1.29, 1.82) is 0 Å². The summed E-state index contributed by atoms with van der Waals surface area (Å²) in [7, 11) is 0. The van der Waals surface area contributed by atoms with Crippen molar-refractivity contribution in [2.75, 3.05) is 19.6 Å². The minimum atomic E-state index is -0.743. The van der Waals surface area contributed by atoms with E-state index in [1.807, 2.05) is 16.7 Å². The third-order valence-electron chi connectivity index (χ3n) is 3.90. The zero-order valence-electron chi connectivity index (χ0n) is 11.0. The lowest BCUT2D eigenvalue weighted by Crippen LogP contribution is -2.43. The quantitative estimate of drug-likeness (QED) is 0.813. The van der Waals surface area contributed by atoms with Gasteiger partial charge in [0.05, 0.1) is 0 Å². The summed E-state index contributed by atoms with van der Waals surface area (Å²) in [6, 6.07) is 0.610. The molecule has 0 bridgehead atoms. The summed E-state index contributed by atoms with van der Waals surface area (Å²) in [6.45, 7) is 4.32. The number of nitrogens with zero attached hydrogens (tertiary/aromatic N) is 2. The van der Waals surface area contributed by atoms with Crippen LogP contribution < -0.4 is 0 Å². The van der Waals surface area contributed by atoms with Crippen molar-refractivity contribution in [2.45, 2.75) is 45.1 Å². The standard InChI is InChI=1S/C13H22N2O3/c1-2-15(11-4-5-11)13(18)14-8-7-10(9-14)3-6-12(16)17/h10-11H,2-9H2,1H3,(H,16,17). The molecule has 0 aromatic carbocycles. The van der Waals surface area contributed by atoms with Crippen molar-refractivity contribution in [3.05, 3.63) is 0 Å². The first-order chi connectivity index (χ1) is 8.61. The molecule has 102 valence electrons. The van der Waals surface area contributed by atoms with E-state index in [9.17, 15) is 9.59 Å². The second kappa shape index (κ2) is 5.59. The largest absolute Gasteiger partial charge is 0.481 e. The first-order valence-corrected chi connectivity index (χ1v) is 6.89. The molecule has 0 radical (unpaired) electrons. The van der Waals surface area contributed by atoms with Crippen LogP contribution in [0.5, 0.6) is 0 Å². The van der Waals surface area contributed by atoms with Crippen LogP contribution in [0.15, 0.2) is 0 Å². The van der Waals surface area contributed by atoms with Gasteiger partial charge in [-0.2, -0.15) is 0 Å². The minimum absolute atomic E-state index is 0.151. The molecule has 1 heterocycles. The Morgan fingerprint density at radius 3 is 2.61 bits per heavy atom. The van der Waals surface area contributed by atoms with Crippen LogP contribution in [0.2, 0.25) is 0 Å². The van der Waals surface area contributed by atoms with Gasteiger partial charge in [0, 0.05) is 32.1 Å². The predicted octanol–water partition coefficient (Wildman–Crippen LogP) is 1.78. The van der Waals surface area contributed by atoms with E-state index in [1.54, 1.807) is 0 Å². The first-order valence-electron chi connectivity index (χ1n) is 6.89. The molecular weight excluding hydrogens is 232 g/mol. The van der Waals surface area contributed by atoms with Crippen LogP contribution in [0.1, 0.15) is 39.0 Å². The lowest BCUT2D eigenvalue weighted by atomic mass is 10.0. The fourth-order valence-electron chi connectivity index (χ4n) is 2.69. The van der Waals surface area contributed by atoms with Gasteiger partial charge in [-0.1, -0.05) is 0 Å². The highest BCUT2D eigenvalue weighted by atomic mass is 16.4. The van der Waals surface area contributed by atoms with Gasteiger partial charge in [0.25, 0.3) is 0 Å². The Labute approximate surface area is 108 Å². The van der Waals surface area contributed by atoms with E-state index in [0.717, 1.165) is 38.9 Å². The summed E-state index contributed by atoms with van der Waals surface area (Å²) >= 11 is 0. The maximum Gasteiger partial charge on any atom is 0.320 e. The molecule has 1 atom stereocenters. The van der Waals surface area contributed by atoms with Crippen molar-refractivity contribution in [3.63, 3.8) is 0 Å². The third-order valence-corrected chi connectivity index (χ3v) is 3.90. The van der Waals surface area contributed by atoms with E-state index in [0.29, 0.717) is 18.4 Å². The van der Waals surface area contributed by atoms with Crippen molar-refractivity contribution in [2.24, 2.45) is 5.92 Å². The normalized spacial score (nSPS) is 23.2. The molecule has 18 heavy (non-hydrogen) atoms. The number of hydrogen-bond acceptors (Lipinski definition) is 2. The molecule has 1 unspecified atom stereocenters. The van der Waals surface area contributed by atoms with Gasteiger partial charge >= 0.3 is 12.0 Å². The molecule has 2 fully saturated rings. The van der Waals surface area contributed by atoms with Crippen LogP contribution in [-0.2, 0) is 4.79 Å². The van der Waals surface area contributed by atoms with E-state index in [1.165, 1.54) is 0 Å². The SMILES string of the molecule is CCN(C(=O)N1CCC(CCC(=O)O)C1)C1CC1. The van der Waals surface area contributed by atoms with E-state index < -0.39 is 5.97 Å². The van der Waals surface area contributed by atoms with E-state index in [-0.39, 0.29) is 12.5 Å². The highest BCUT2D eigenvalue weighted by Crippen LogP contribution is 2.29. The Balaban J connectivity index is 1.80. The molecule has 1 saturated heterocycles. The Morgan fingerprint density at radius 1 is 1.33 bits per heavy atom. The summed E-state index contributed by atoms with van der Waals surface area (Å²) < 4.78 is 0. The zero-order chi connectivity index (χ0) is 13.1. The van der Waals surface area contributed by atoms with Crippen molar-refractivity contribution in [3.8, 4) is 0 Å². The monoisotopic (exact) mass is 254 g/mol. The minimum Gasteiger partial charge on any atom is -0.481 e. The van der Waals surface area contributed by atoms with Gasteiger partial charge in [-0.05, 0) is 38.5 Å². The molecule has 1 aliphatic heterocycles. The summed E-state index contributed by atoms with van der Waals surface area (Å²) in [5, 5.41) is 8.67. The average molecular weight is 254 g/mol. The van der Waals surface area contributed by atoms with Crippen LogP contribution >= 0.6 is 0 Å². The molecule has 0 aromatic rings. The molecule has 2 amide bonds. The molecular formula is C13H22N2O3. The number of rotatable bonds is 5. The molecule has 5 nitrogen and oxygen atoms in total. The maximum absolute atomic E-state index is 12.3. The summed E-state index contributed by atoms with van der Waals surface area (Å²) in [5.41, 5.74) is 0. The van der Waals surface area contributed by atoms with E-state index in [2.05, 4.69) is 0 Å². The van der Waals surface area contributed by atoms with Crippen LogP contribution in [0, 0.1) is 5.92 Å². The van der Waals surface area contributed by atoms with Gasteiger partial charge in [0.1, 0.15) is 0 Å². The van der Waals surface area contributed by atoms with Crippen LogP contribution in [0.4, 0.5) is 4.79 Å². The molecule has 1 N–H and O–H groups in total. The Kier molecular flexibility index (Phi) is 4.09. The van der Waals surface area contributed by atoms with Crippen molar-refractivity contribution in [1.82, 2.24) is 9.80 Å². The number of carbonyl (C=O) groups excluding carboxylic acids is 1. The van der Waals surface area contributed by atoms with Crippen molar-refractivity contribution >= 4 is 12.0 Å². The van der Waals surface area contributed by atoms with Gasteiger partial charge in [-0.3, -0.25) is 4.79 Å². The summed E-state index contributed by atoms with van der Waals surface area (Å²) in [6.07, 6.45) is 4.12. The molecule has 1 saturated carbocycles. The second-order valence-electron chi connectivity index (χ2n) is 5.33. The Hall–Kier alpha value is -1.26. The average Bonchev–Trinajstić information content (AvgIpc) is 3.05. The molecule has 0 spiro atoms. The van der Waals surface area contributed by atoms with E-state index >= 15 is 0 Å². The van der Waals surface area contributed by atoms with E-state index in [4.69, 9.17) is 5.11 Å².